The van der Waals surface area contributed by atoms with E-state index in [1.807, 2.05) is 6.92 Å². The maximum atomic E-state index is 10.4. The van der Waals surface area contributed by atoms with Gasteiger partial charge < -0.3 is 9.84 Å². The van der Waals surface area contributed by atoms with E-state index in [4.69, 9.17) is 4.74 Å². The van der Waals surface area contributed by atoms with Crippen molar-refractivity contribution in [2.24, 2.45) is 34.5 Å². The van der Waals surface area contributed by atoms with Gasteiger partial charge in [0.2, 0.25) is 0 Å². The zero-order valence-electron chi connectivity index (χ0n) is 19.3. The highest BCUT2D eigenvalue weighted by atomic mass is 16.5. The average molecular weight is 402 g/mol. The van der Waals surface area contributed by atoms with Crippen LogP contribution in [0.3, 0.4) is 0 Å². The van der Waals surface area contributed by atoms with Crippen molar-refractivity contribution < 1.29 is 9.84 Å². The third-order valence-electron chi connectivity index (χ3n) is 9.96. The minimum absolute atomic E-state index is 0.145. The standard InChI is InChI=1S/C27H45O2/c1-5-6-7-8-17-29-21-13-15-26(3)20(18-21)9-10-22-24-12-11-23(19(2)28)27(24,4)16-14-25(22)26/h9,19,21-25,28H,1,5-8,10-18H2,2-4H3/t19?,21-,22?,23+,24?,25?,26-,27+/m0/s1. The zero-order valence-corrected chi connectivity index (χ0v) is 19.3. The second-order valence-electron chi connectivity index (χ2n) is 11.4. The van der Waals surface area contributed by atoms with Gasteiger partial charge in [-0.3, -0.25) is 0 Å². The molecule has 3 saturated carbocycles. The minimum atomic E-state index is -0.145. The van der Waals surface area contributed by atoms with Crippen LogP contribution in [-0.2, 0) is 4.74 Å². The van der Waals surface area contributed by atoms with Crippen molar-refractivity contribution >= 4 is 0 Å². The molecule has 0 bridgehead atoms. The van der Waals surface area contributed by atoms with E-state index in [-0.39, 0.29) is 6.10 Å². The monoisotopic (exact) mass is 401 g/mol. The SMILES string of the molecule is [CH2]CCCCCO[C@H]1CC[C@@]2(C)C(=CCC3C2CC[C@@]2(C)C3CC[C@@H]2C(C)O)C1. The summed E-state index contributed by atoms with van der Waals surface area (Å²) in [6.07, 6.45) is 17.9. The third-order valence-corrected chi connectivity index (χ3v) is 9.96. The summed E-state index contributed by atoms with van der Waals surface area (Å²) in [5.41, 5.74) is 2.49. The number of hydrogen-bond donors (Lipinski definition) is 1. The van der Waals surface area contributed by atoms with Gasteiger partial charge in [0.05, 0.1) is 12.2 Å². The Kier molecular flexibility index (Phi) is 6.53. The summed E-state index contributed by atoms with van der Waals surface area (Å²) < 4.78 is 6.30. The van der Waals surface area contributed by atoms with E-state index in [0.717, 1.165) is 30.8 Å². The summed E-state index contributed by atoms with van der Waals surface area (Å²) in [7, 11) is 0. The molecule has 0 aliphatic heterocycles. The summed E-state index contributed by atoms with van der Waals surface area (Å²) in [5, 5.41) is 10.4. The molecule has 3 fully saturated rings. The molecule has 2 heteroatoms. The molecular formula is C27H45O2. The van der Waals surface area contributed by atoms with Crippen molar-refractivity contribution in [2.45, 2.75) is 110 Å². The van der Waals surface area contributed by atoms with Gasteiger partial charge >= 0.3 is 0 Å². The number of rotatable bonds is 7. The summed E-state index contributed by atoms with van der Waals surface area (Å²) in [6, 6.07) is 0. The molecule has 4 aliphatic carbocycles. The molecule has 0 aromatic carbocycles. The maximum absolute atomic E-state index is 10.4. The van der Waals surface area contributed by atoms with Crippen molar-refractivity contribution in [3.8, 4) is 0 Å². The Labute approximate surface area is 179 Å². The van der Waals surface area contributed by atoms with Crippen molar-refractivity contribution in [2.75, 3.05) is 6.61 Å². The number of aliphatic hydroxyl groups is 1. The van der Waals surface area contributed by atoms with E-state index in [9.17, 15) is 5.11 Å². The van der Waals surface area contributed by atoms with E-state index in [1.165, 1.54) is 70.6 Å². The van der Waals surface area contributed by atoms with Crippen LogP contribution in [0.2, 0.25) is 0 Å². The second kappa shape index (κ2) is 8.65. The third kappa shape index (κ3) is 3.86. The number of unbranched alkanes of at least 4 members (excludes halogenated alkanes) is 3. The first-order chi connectivity index (χ1) is 13.9. The van der Waals surface area contributed by atoms with Crippen LogP contribution in [0.15, 0.2) is 11.6 Å². The molecule has 0 aromatic heterocycles. The summed E-state index contributed by atoms with van der Waals surface area (Å²) in [6.45, 7) is 12.0. The Hall–Kier alpha value is -0.340. The molecule has 1 N–H and O–H groups in total. The molecule has 4 aliphatic rings. The van der Waals surface area contributed by atoms with E-state index in [1.54, 1.807) is 5.57 Å². The molecule has 0 amide bonds. The van der Waals surface area contributed by atoms with E-state index < -0.39 is 0 Å². The molecule has 165 valence electrons. The van der Waals surface area contributed by atoms with Crippen molar-refractivity contribution in [3.05, 3.63) is 18.6 Å². The molecule has 1 radical (unpaired) electrons. The topological polar surface area (TPSA) is 29.5 Å². The average Bonchev–Trinajstić information content (AvgIpc) is 3.05. The molecule has 4 unspecified atom stereocenters. The van der Waals surface area contributed by atoms with Gasteiger partial charge in [-0.1, -0.05) is 51.7 Å². The first kappa shape index (κ1) is 21.9. The Morgan fingerprint density at radius 2 is 1.93 bits per heavy atom. The number of hydrogen-bond acceptors (Lipinski definition) is 2. The van der Waals surface area contributed by atoms with Gasteiger partial charge in [-0.15, -0.1) is 0 Å². The van der Waals surface area contributed by atoms with Crippen molar-refractivity contribution in [1.82, 2.24) is 0 Å². The number of ether oxygens (including phenoxy) is 1. The molecule has 0 aromatic rings. The van der Waals surface area contributed by atoms with Gasteiger partial charge in [0, 0.05) is 6.61 Å². The van der Waals surface area contributed by atoms with E-state index in [0.29, 0.717) is 22.9 Å². The highest BCUT2D eigenvalue weighted by Crippen LogP contribution is 2.66. The van der Waals surface area contributed by atoms with Gasteiger partial charge in [0.25, 0.3) is 0 Å². The van der Waals surface area contributed by atoms with Crippen LogP contribution in [0.5, 0.6) is 0 Å². The molecule has 0 saturated heterocycles. The van der Waals surface area contributed by atoms with Crippen LogP contribution in [0.4, 0.5) is 0 Å². The highest BCUT2D eigenvalue weighted by Gasteiger charge is 2.59. The lowest BCUT2D eigenvalue weighted by atomic mass is 9.47. The molecule has 8 atom stereocenters. The van der Waals surface area contributed by atoms with E-state index in [2.05, 4.69) is 26.8 Å². The molecule has 29 heavy (non-hydrogen) atoms. The van der Waals surface area contributed by atoms with Crippen LogP contribution in [0.25, 0.3) is 0 Å². The summed E-state index contributed by atoms with van der Waals surface area (Å²) >= 11 is 0. The Balaban J connectivity index is 1.42. The Bertz CT molecular complexity index is 595. The minimum Gasteiger partial charge on any atom is -0.393 e. The van der Waals surface area contributed by atoms with Crippen molar-refractivity contribution in [3.63, 3.8) is 0 Å². The van der Waals surface area contributed by atoms with Crippen LogP contribution in [0, 0.1) is 41.4 Å². The number of aliphatic hydroxyl groups excluding tert-OH is 1. The highest BCUT2D eigenvalue weighted by molar-refractivity contribution is 5.25. The van der Waals surface area contributed by atoms with Gasteiger partial charge in [-0.2, -0.15) is 0 Å². The fourth-order valence-electron chi connectivity index (χ4n) is 8.31. The largest absolute Gasteiger partial charge is 0.393 e. The Morgan fingerprint density at radius 3 is 2.69 bits per heavy atom. The normalized spacial score (nSPS) is 45.1. The molecule has 4 rings (SSSR count). The molecular weight excluding hydrogens is 356 g/mol. The second-order valence-corrected chi connectivity index (χ2v) is 11.4. The quantitative estimate of drug-likeness (QED) is 0.379. The maximum Gasteiger partial charge on any atom is 0.0612 e. The lowest BCUT2D eigenvalue weighted by Crippen LogP contribution is -2.51. The van der Waals surface area contributed by atoms with Crippen LogP contribution in [-0.4, -0.2) is 23.9 Å². The molecule has 2 nitrogen and oxygen atoms in total. The van der Waals surface area contributed by atoms with Crippen LogP contribution < -0.4 is 0 Å². The van der Waals surface area contributed by atoms with Gasteiger partial charge in [-0.25, -0.2) is 0 Å². The predicted molar refractivity (Wildman–Crippen MR) is 120 cm³/mol. The summed E-state index contributed by atoms with van der Waals surface area (Å²) in [5.74, 6) is 3.02. The lowest BCUT2D eigenvalue weighted by molar-refractivity contribution is -0.0724. The predicted octanol–water partition coefficient (Wildman–Crippen LogP) is 6.73. The van der Waals surface area contributed by atoms with Crippen LogP contribution >= 0.6 is 0 Å². The zero-order chi connectivity index (χ0) is 20.6. The van der Waals surface area contributed by atoms with Gasteiger partial charge in [0.15, 0.2) is 0 Å². The van der Waals surface area contributed by atoms with Gasteiger partial charge in [0.1, 0.15) is 0 Å². The first-order valence-electron chi connectivity index (χ1n) is 12.7. The fraction of sp³-hybridized carbons (Fsp3) is 0.889. The fourth-order valence-corrected chi connectivity index (χ4v) is 8.31. The molecule has 0 heterocycles. The Morgan fingerprint density at radius 1 is 1.10 bits per heavy atom. The molecule has 0 spiro atoms. The summed E-state index contributed by atoms with van der Waals surface area (Å²) in [4.78, 5) is 0. The number of allylic oxidation sites excluding steroid dienone is 1. The smallest absolute Gasteiger partial charge is 0.0612 e. The van der Waals surface area contributed by atoms with Gasteiger partial charge in [-0.05, 0) is 99.2 Å². The lowest BCUT2D eigenvalue weighted by Gasteiger charge is -2.58. The number of fused-ring (bicyclic) bond motifs is 5. The van der Waals surface area contributed by atoms with Crippen LogP contribution in [0.1, 0.15) is 97.8 Å². The first-order valence-corrected chi connectivity index (χ1v) is 12.7. The van der Waals surface area contributed by atoms with Crippen molar-refractivity contribution in [1.29, 1.82) is 0 Å². The van der Waals surface area contributed by atoms with E-state index >= 15 is 0 Å².